The summed E-state index contributed by atoms with van der Waals surface area (Å²) in [5, 5.41) is 7.29. The highest BCUT2D eigenvalue weighted by Crippen LogP contribution is 2.29. The van der Waals surface area contributed by atoms with Crippen molar-refractivity contribution >= 4 is 11.6 Å². The largest absolute Gasteiger partial charge is 0.573 e. The molecule has 0 spiro atoms. The third-order valence-corrected chi connectivity index (χ3v) is 2.33. The predicted molar refractivity (Wildman–Crippen MR) is 57.6 cm³/mol. The van der Waals surface area contributed by atoms with E-state index in [1.165, 1.54) is 29.1 Å². The average Bonchev–Trinajstić information content (AvgIpc) is 2.75. The minimum absolute atomic E-state index is 0.0281. The molecule has 0 aliphatic carbocycles. The zero-order chi connectivity index (χ0) is 13.2. The van der Waals surface area contributed by atoms with Gasteiger partial charge in [-0.3, -0.25) is 4.57 Å². The van der Waals surface area contributed by atoms with Crippen LogP contribution >= 0.6 is 11.6 Å². The summed E-state index contributed by atoms with van der Waals surface area (Å²) in [5.41, 5.74) is 0.176. The molecule has 96 valence electrons. The molecule has 1 aromatic heterocycles. The molecule has 0 aliphatic heterocycles. The molecule has 1 heterocycles. The first kappa shape index (κ1) is 12.7. The molecule has 0 fully saturated rings. The summed E-state index contributed by atoms with van der Waals surface area (Å²) >= 11 is 5.62. The highest BCUT2D eigenvalue weighted by molar-refractivity contribution is 6.16. The van der Waals surface area contributed by atoms with Gasteiger partial charge in [-0.2, -0.15) is 0 Å². The Bertz CT molecular complexity index is 541. The number of hydrogen-bond donors (Lipinski definition) is 0. The van der Waals surface area contributed by atoms with Crippen molar-refractivity contribution < 1.29 is 17.9 Å². The van der Waals surface area contributed by atoms with Crippen molar-refractivity contribution in [2.24, 2.45) is 0 Å². The molecular weight excluding hydrogens is 271 g/mol. The minimum atomic E-state index is -4.76. The van der Waals surface area contributed by atoms with Crippen LogP contribution in [0.5, 0.6) is 5.75 Å². The van der Waals surface area contributed by atoms with Crippen LogP contribution in [0.1, 0.15) is 5.82 Å². The maximum Gasteiger partial charge on any atom is 0.573 e. The van der Waals surface area contributed by atoms with Crippen molar-refractivity contribution in [3.8, 4) is 11.4 Å². The first-order valence-electron chi connectivity index (χ1n) is 4.81. The number of benzene rings is 1. The van der Waals surface area contributed by atoms with E-state index in [0.29, 0.717) is 5.82 Å². The van der Waals surface area contributed by atoms with Gasteiger partial charge in [0.15, 0.2) is 11.6 Å². The van der Waals surface area contributed by atoms with Crippen molar-refractivity contribution in [3.05, 3.63) is 36.4 Å². The van der Waals surface area contributed by atoms with E-state index in [2.05, 4.69) is 14.9 Å². The second kappa shape index (κ2) is 4.85. The summed E-state index contributed by atoms with van der Waals surface area (Å²) in [6.07, 6.45) is -3.48. The van der Waals surface area contributed by atoms with Gasteiger partial charge in [0.2, 0.25) is 0 Å². The fourth-order valence-corrected chi connectivity index (χ4v) is 1.60. The Labute approximate surface area is 105 Å². The number of halogens is 4. The van der Waals surface area contributed by atoms with E-state index in [4.69, 9.17) is 11.6 Å². The van der Waals surface area contributed by atoms with Gasteiger partial charge in [0.25, 0.3) is 0 Å². The molecule has 0 unspecified atom stereocenters. The van der Waals surface area contributed by atoms with Crippen LogP contribution in [0, 0.1) is 0 Å². The number of rotatable bonds is 3. The first-order valence-corrected chi connectivity index (χ1v) is 5.35. The predicted octanol–water partition coefficient (Wildman–Crippen LogP) is 2.90. The van der Waals surface area contributed by atoms with Crippen LogP contribution in [-0.2, 0) is 5.88 Å². The zero-order valence-electron chi connectivity index (χ0n) is 8.86. The molecule has 0 N–H and O–H groups in total. The summed E-state index contributed by atoms with van der Waals surface area (Å²) in [5.74, 6) is 0.0198. The van der Waals surface area contributed by atoms with E-state index in [-0.39, 0.29) is 17.3 Å². The number of hydrogen-bond acceptors (Lipinski definition) is 3. The third kappa shape index (κ3) is 2.73. The fraction of sp³-hybridized carbons (Fsp3) is 0.200. The molecule has 0 radical (unpaired) electrons. The van der Waals surface area contributed by atoms with Crippen LogP contribution in [-0.4, -0.2) is 21.1 Å². The van der Waals surface area contributed by atoms with Crippen LogP contribution in [0.25, 0.3) is 5.69 Å². The Morgan fingerprint density at radius 2 is 2.00 bits per heavy atom. The summed E-state index contributed by atoms with van der Waals surface area (Å²) in [4.78, 5) is 0. The topological polar surface area (TPSA) is 39.9 Å². The number of para-hydroxylation sites is 2. The van der Waals surface area contributed by atoms with Crippen LogP contribution < -0.4 is 4.74 Å². The summed E-state index contributed by atoms with van der Waals surface area (Å²) in [7, 11) is 0. The average molecular weight is 278 g/mol. The van der Waals surface area contributed by atoms with Crippen molar-refractivity contribution in [2.75, 3.05) is 0 Å². The Kier molecular flexibility index (Phi) is 3.42. The Balaban J connectivity index is 2.45. The molecule has 2 rings (SSSR count). The molecule has 2 aromatic rings. The van der Waals surface area contributed by atoms with E-state index in [9.17, 15) is 13.2 Å². The quantitative estimate of drug-likeness (QED) is 0.810. The normalized spacial score (nSPS) is 11.6. The lowest BCUT2D eigenvalue weighted by Crippen LogP contribution is -2.18. The van der Waals surface area contributed by atoms with Gasteiger partial charge in [-0.1, -0.05) is 12.1 Å². The molecule has 0 saturated carbocycles. The second-order valence-corrected chi connectivity index (χ2v) is 3.53. The summed E-state index contributed by atoms with van der Waals surface area (Å²) < 4.78 is 42.0. The lowest BCUT2D eigenvalue weighted by atomic mass is 10.3. The van der Waals surface area contributed by atoms with Gasteiger partial charge >= 0.3 is 6.36 Å². The molecule has 4 nitrogen and oxygen atoms in total. The molecule has 1 aromatic carbocycles. The molecule has 8 heteroatoms. The van der Waals surface area contributed by atoms with Crippen LogP contribution in [0.3, 0.4) is 0 Å². The zero-order valence-corrected chi connectivity index (χ0v) is 9.61. The lowest BCUT2D eigenvalue weighted by Gasteiger charge is -2.13. The number of nitrogens with zero attached hydrogens (tertiary/aromatic N) is 3. The molecule has 0 saturated heterocycles. The molecule has 0 bridgehead atoms. The molecular formula is C10H7ClF3N3O. The van der Waals surface area contributed by atoms with Gasteiger partial charge in [0, 0.05) is 0 Å². The van der Waals surface area contributed by atoms with Crippen LogP contribution in [0.4, 0.5) is 13.2 Å². The maximum atomic E-state index is 12.3. The highest BCUT2D eigenvalue weighted by atomic mass is 35.5. The van der Waals surface area contributed by atoms with E-state index in [1.807, 2.05) is 0 Å². The van der Waals surface area contributed by atoms with Gasteiger partial charge in [-0.15, -0.1) is 35.0 Å². The number of ether oxygens (including phenoxy) is 1. The Morgan fingerprint density at radius 3 is 2.67 bits per heavy atom. The standard InChI is InChI=1S/C10H7ClF3N3O/c11-5-9-16-15-6-17(9)7-3-1-2-4-8(7)18-10(12,13)14/h1-4,6H,5H2. The molecule has 0 amide bonds. The van der Waals surface area contributed by atoms with Crippen molar-refractivity contribution in [2.45, 2.75) is 12.2 Å². The van der Waals surface area contributed by atoms with Crippen molar-refractivity contribution in [1.29, 1.82) is 0 Å². The van der Waals surface area contributed by atoms with Gasteiger partial charge in [0.1, 0.15) is 6.33 Å². The molecule has 0 aliphatic rings. The van der Waals surface area contributed by atoms with E-state index in [1.54, 1.807) is 6.07 Å². The SMILES string of the molecule is FC(F)(F)Oc1ccccc1-n1cnnc1CCl. The third-order valence-electron chi connectivity index (χ3n) is 2.09. The smallest absolute Gasteiger partial charge is 0.404 e. The maximum absolute atomic E-state index is 12.3. The highest BCUT2D eigenvalue weighted by Gasteiger charge is 2.32. The monoisotopic (exact) mass is 277 g/mol. The van der Waals surface area contributed by atoms with Crippen LogP contribution in [0.2, 0.25) is 0 Å². The fourth-order valence-electron chi connectivity index (χ4n) is 1.42. The van der Waals surface area contributed by atoms with Gasteiger partial charge in [0.05, 0.1) is 11.6 Å². The second-order valence-electron chi connectivity index (χ2n) is 3.27. The van der Waals surface area contributed by atoms with Crippen molar-refractivity contribution in [3.63, 3.8) is 0 Å². The Morgan fingerprint density at radius 1 is 1.28 bits per heavy atom. The first-order chi connectivity index (χ1) is 8.51. The number of aromatic nitrogens is 3. The van der Waals surface area contributed by atoms with Crippen molar-refractivity contribution in [1.82, 2.24) is 14.8 Å². The van der Waals surface area contributed by atoms with E-state index >= 15 is 0 Å². The minimum Gasteiger partial charge on any atom is -0.404 e. The van der Waals surface area contributed by atoms with Gasteiger partial charge in [-0.25, -0.2) is 0 Å². The summed E-state index contributed by atoms with van der Waals surface area (Å²) in [6.45, 7) is 0. The Hall–Kier alpha value is -1.76. The molecule has 18 heavy (non-hydrogen) atoms. The van der Waals surface area contributed by atoms with E-state index in [0.717, 1.165) is 0 Å². The van der Waals surface area contributed by atoms with E-state index < -0.39 is 6.36 Å². The lowest BCUT2D eigenvalue weighted by molar-refractivity contribution is -0.274. The van der Waals surface area contributed by atoms with Gasteiger partial charge < -0.3 is 4.74 Å². The number of alkyl halides is 4. The molecule has 0 atom stereocenters. The van der Waals surface area contributed by atoms with Gasteiger partial charge in [-0.05, 0) is 12.1 Å². The summed E-state index contributed by atoms with van der Waals surface area (Å²) in [6, 6.07) is 5.69. The van der Waals surface area contributed by atoms with Crippen LogP contribution in [0.15, 0.2) is 30.6 Å².